The summed E-state index contributed by atoms with van der Waals surface area (Å²) >= 11 is 0. The van der Waals surface area contributed by atoms with Gasteiger partial charge in [-0.25, -0.2) is 9.59 Å². The fourth-order valence-corrected chi connectivity index (χ4v) is 0.947. The van der Waals surface area contributed by atoms with Gasteiger partial charge in [0.25, 0.3) is 0 Å². The third kappa shape index (κ3) is 7.31. The van der Waals surface area contributed by atoms with E-state index in [-0.39, 0.29) is 12.2 Å². The van der Waals surface area contributed by atoms with Crippen molar-refractivity contribution in [3.8, 4) is 0 Å². The van der Waals surface area contributed by atoms with E-state index < -0.39 is 61.5 Å². The summed E-state index contributed by atoms with van der Waals surface area (Å²) in [6.07, 6.45) is -12.9. The van der Waals surface area contributed by atoms with E-state index in [2.05, 4.69) is 9.47 Å². The summed E-state index contributed by atoms with van der Waals surface area (Å²) in [5, 5.41) is 0. The van der Waals surface area contributed by atoms with Gasteiger partial charge in [-0.05, 0) is 24.3 Å². The van der Waals surface area contributed by atoms with Gasteiger partial charge in [0.15, 0.2) is 0 Å². The maximum absolute atomic E-state index is 12.4. The molecule has 0 saturated carbocycles. The van der Waals surface area contributed by atoms with Crippen LogP contribution in [0.25, 0.3) is 0 Å². The van der Waals surface area contributed by atoms with Crippen molar-refractivity contribution in [2.24, 2.45) is 0 Å². The van der Waals surface area contributed by atoms with Crippen LogP contribution in [0.4, 0.5) is 43.9 Å². The Morgan fingerprint density at radius 3 is 1.12 bits per heavy atom. The highest BCUT2D eigenvalue weighted by molar-refractivity contribution is 6.29. The second-order valence-corrected chi connectivity index (χ2v) is 4.24. The smallest absolute Gasteiger partial charge is 0.453 e. The Labute approximate surface area is 138 Å². The first-order valence-corrected chi connectivity index (χ1v) is 6.09. The maximum Gasteiger partial charge on any atom is 0.457 e. The first kappa shape index (κ1) is 23.7. The van der Waals surface area contributed by atoms with E-state index >= 15 is 0 Å². The molecule has 4 nitrogen and oxygen atoms in total. The fourth-order valence-electron chi connectivity index (χ4n) is 0.947. The Kier molecular flexibility index (Phi) is 7.66. The lowest BCUT2D eigenvalue weighted by Gasteiger charge is -2.15. The fraction of sp³-hybridized carbons (Fsp3) is 0.500. The number of halogens is 10. The van der Waals surface area contributed by atoms with Crippen molar-refractivity contribution in [3.05, 3.63) is 24.3 Å². The van der Waals surface area contributed by atoms with Gasteiger partial charge in [0.05, 0.1) is 0 Å². The minimum atomic E-state index is -5.89. The van der Waals surface area contributed by atoms with Crippen molar-refractivity contribution in [2.45, 2.75) is 24.2 Å². The Morgan fingerprint density at radius 1 is 0.615 bits per heavy atom. The molecule has 0 fully saturated rings. The molecular formula is C12H8F10O4. The molecule has 0 aliphatic carbocycles. The Hall–Kier alpha value is -2.28. The van der Waals surface area contributed by atoms with Gasteiger partial charge >= 0.3 is 36.1 Å². The molecule has 0 atom stereocenters. The first-order valence-electron chi connectivity index (χ1n) is 6.09. The van der Waals surface area contributed by atoms with Crippen molar-refractivity contribution in [1.29, 1.82) is 0 Å². The second-order valence-electron chi connectivity index (χ2n) is 4.24. The van der Waals surface area contributed by atoms with Crippen molar-refractivity contribution in [2.75, 3.05) is 13.2 Å². The molecule has 0 aromatic carbocycles. The molecular weight excluding hydrogens is 398 g/mol. The summed E-state index contributed by atoms with van der Waals surface area (Å²) in [5.74, 6) is -14.2. The van der Waals surface area contributed by atoms with Crippen LogP contribution in [0.5, 0.6) is 0 Å². The number of hydrogen-bond acceptors (Lipinski definition) is 4. The number of allylic oxidation sites excluding steroid dienone is 2. The minimum absolute atomic E-state index is 0.0719. The van der Waals surface area contributed by atoms with Gasteiger partial charge in [0.2, 0.25) is 0 Å². The SMILES string of the molecule is O=C(OCC=CC(F)(F)C(F)(F)F)C(=O)OCC=CC(F)(F)C(F)(F)F. The van der Waals surface area contributed by atoms with Crippen LogP contribution >= 0.6 is 0 Å². The van der Waals surface area contributed by atoms with Crippen LogP contribution in [0.3, 0.4) is 0 Å². The summed E-state index contributed by atoms with van der Waals surface area (Å²) < 4.78 is 128. The highest BCUT2D eigenvalue weighted by Crippen LogP contribution is 2.37. The van der Waals surface area contributed by atoms with Gasteiger partial charge < -0.3 is 9.47 Å². The van der Waals surface area contributed by atoms with E-state index in [1.807, 2.05) is 0 Å². The lowest BCUT2D eigenvalue weighted by atomic mass is 10.3. The molecule has 0 bridgehead atoms. The number of rotatable bonds is 6. The van der Waals surface area contributed by atoms with Crippen molar-refractivity contribution < 1.29 is 63.0 Å². The third-order valence-electron chi connectivity index (χ3n) is 2.20. The molecule has 0 aliphatic heterocycles. The molecule has 0 heterocycles. The maximum atomic E-state index is 12.4. The molecule has 0 aromatic heterocycles. The first-order chi connectivity index (χ1) is 11.5. The average molecular weight is 406 g/mol. The van der Waals surface area contributed by atoms with E-state index in [0.717, 1.165) is 0 Å². The number of hydrogen-bond donors (Lipinski definition) is 0. The molecule has 150 valence electrons. The summed E-state index contributed by atoms with van der Waals surface area (Å²) in [4.78, 5) is 21.8. The molecule has 0 aliphatic rings. The van der Waals surface area contributed by atoms with Gasteiger partial charge in [0, 0.05) is 0 Å². The van der Waals surface area contributed by atoms with Crippen LogP contribution < -0.4 is 0 Å². The molecule has 14 heteroatoms. The summed E-state index contributed by atoms with van der Waals surface area (Å²) in [5.41, 5.74) is 0. The van der Waals surface area contributed by atoms with E-state index in [0.29, 0.717) is 0 Å². The Morgan fingerprint density at radius 2 is 0.885 bits per heavy atom. The van der Waals surface area contributed by atoms with Crippen molar-refractivity contribution in [1.82, 2.24) is 0 Å². The molecule has 0 unspecified atom stereocenters. The number of alkyl halides is 10. The van der Waals surface area contributed by atoms with Gasteiger partial charge in [-0.15, -0.1) is 0 Å². The minimum Gasteiger partial charge on any atom is -0.453 e. The van der Waals surface area contributed by atoms with Gasteiger partial charge in [0.1, 0.15) is 13.2 Å². The Bertz CT molecular complexity index is 509. The quantitative estimate of drug-likeness (QED) is 0.293. The van der Waals surface area contributed by atoms with Crippen molar-refractivity contribution in [3.63, 3.8) is 0 Å². The number of carbonyl (C=O) groups excluding carboxylic acids is 2. The molecule has 0 saturated heterocycles. The molecule has 0 aromatic rings. The summed E-state index contributed by atoms with van der Waals surface area (Å²) in [6.45, 7) is -2.39. The largest absolute Gasteiger partial charge is 0.457 e. The van der Waals surface area contributed by atoms with Crippen LogP contribution in [0.2, 0.25) is 0 Å². The van der Waals surface area contributed by atoms with Crippen molar-refractivity contribution >= 4 is 11.9 Å². The lowest BCUT2D eigenvalue weighted by Crippen LogP contribution is -2.34. The number of carbonyl (C=O) groups is 2. The molecule has 26 heavy (non-hydrogen) atoms. The molecule has 0 rings (SSSR count). The second kappa shape index (κ2) is 8.40. The van der Waals surface area contributed by atoms with Crippen LogP contribution in [0.1, 0.15) is 0 Å². The van der Waals surface area contributed by atoms with Gasteiger partial charge in [-0.1, -0.05) is 0 Å². The van der Waals surface area contributed by atoms with E-state index in [1.165, 1.54) is 0 Å². The van der Waals surface area contributed by atoms with E-state index in [4.69, 9.17) is 0 Å². The van der Waals surface area contributed by atoms with Crippen LogP contribution in [0, 0.1) is 0 Å². The molecule has 0 N–H and O–H groups in total. The van der Waals surface area contributed by atoms with Crippen LogP contribution in [0.15, 0.2) is 24.3 Å². The molecule has 0 radical (unpaired) electrons. The molecule has 0 spiro atoms. The monoisotopic (exact) mass is 406 g/mol. The standard InChI is InChI=1S/C12H8F10O4/c13-9(14,11(17,18)19)3-1-5-25-7(23)8(24)26-6-2-4-10(15,16)12(20,21)22/h1-4H,5-6H2. The zero-order chi connectivity index (χ0) is 20.8. The summed E-state index contributed by atoms with van der Waals surface area (Å²) in [6, 6.07) is 0. The zero-order valence-electron chi connectivity index (χ0n) is 12.1. The predicted molar refractivity (Wildman–Crippen MR) is 62.2 cm³/mol. The highest BCUT2D eigenvalue weighted by atomic mass is 19.4. The number of ether oxygens (including phenoxy) is 2. The Balaban J connectivity index is 4.37. The lowest BCUT2D eigenvalue weighted by molar-refractivity contribution is -0.259. The zero-order valence-corrected chi connectivity index (χ0v) is 12.1. The predicted octanol–water partition coefficient (Wildman–Crippen LogP) is 3.58. The third-order valence-corrected chi connectivity index (χ3v) is 2.20. The van der Waals surface area contributed by atoms with Gasteiger partial charge in [-0.2, -0.15) is 43.9 Å². The molecule has 0 amide bonds. The van der Waals surface area contributed by atoms with Crippen LogP contribution in [-0.4, -0.2) is 49.4 Å². The topological polar surface area (TPSA) is 52.6 Å². The van der Waals surface area contributed by atoms with E-state index in [9.17, 15) is 53.5 Å². The summed E-state index contributed by atoms with van der Waals surface area (Å²) in [7, 11) is 0. The number of esters is 2. The van der Waals surface area contributed by atoms with Crippen LogP contribution in [-0.2, 0) is 19.1 Å². The normalized spacial score (nSPS) is 14.1. The van der Waals surface area contributed by atoms with E-state index in [1.54, 1.807) is 0 Å². The highest BCUT2D eigenvalue weighted by Gasteiger charge is 2.56. The average Bonchev–Trinajstić information content (AvgIpc) is 2.45. The van der Waals surface area contributed by atoms with Gasteiger partial charge in [-0.3, -0.25) is 0 Å².